The lowest BCUT2D eigenvalue weighted by Crippen LogP contribution is -2.07. The zero-order valence-corrected chi connectivity index (χ0v) is 11.8. The molecule has 0 fully saturated rings. The lowest BCUT2D eigenvalue weighted by atomic mass is 9.98. The van der Waals surface area contributed by atoms with Crippen LogP contribution in [-0.4, -0.2) is 20.4 Å². The van der Waals surface area contributed by atoms with Gasteiger partial charge in [-0.05, 0) is 17.7 Å². The van der Waals surface area contributed by atoms with Crippen molar-refractivity contribution in [3.63, 3.8) is 0 Å². The molecule has 0 amide bonds. The van der Waals surface area contributed by atoms with Crippen molar-refractivity contribution in [1.82, 2.24) is 9.55 Å². The Morgan fingerprint density at radius 1 is 1.09 bits per heavy atom. The van der Waals surface area contributed by atoms with Crippen LogP contribution < -0.4 is 5.43 Å². The lowest BCUT2D eigenvalue weighted by molar-refractivity contribution is 0.282. The van der Waals surface area contributed by atoms with E-state index in [-0.39, 0.29) is 6.61 Å². The average Bonchev–Trinajstić information content (AvgIpc) is 2.98. The highest BCUT2D eigenvalue weighted by molar-refractivity contribution is 6.15. The van der Waals surface area contributed by atoms with Gasteiger partial charge >= 0.3 is 0 Å². The molecular weight excluding hydrogens is 276 g/mol. The standard InChI is InChI=1S/C17H14N4O/c22-11-12-6-7-15-14(10-12)16(13-4-2-1-3-5-13)19-20-17-18-8-9-21(15)17/h1-10,22H,11H2,(H,18,20). The Labute approximate surface area is 127 Å². The number of nitrogens with zero attached hydrogens (tertiary/aromatic N) is 3. The van der Waals surface area contributed by atoms with E-state index in [0.717, 1.165) is 28.1 Å². The largest absolute Gasteiger partial charge is 0.392 e. The van der Waals surface area contributed by atoms with Crippen molar-refractivity contribution < 1.29 is 5.11 Å². The minimum atomic E-state index is -0.000433. The van der Waals surface area contributed by atoms with Crippen molar-refractivity contribution in [2.75, 3.05) is 5.43 Å². The van der Waals surface area contributed by atoms with Gasteiger partial charge in [0.1, 0.15) is 0 Å². The van der Waals surface area contributed by atoms with E-state index in [1.54, 1.807) is 6.20 Å². The molecule has 0 saturated carbocycles. The number of aliphatic hydroxyl groups excluding tert-OH is 1. The van der Waals surface area contributed by atoms with Gasteiger partial charge in [-0.3, -0.25) is 4.57 Å². The van der Waals surface area contributed by atoms with Crippen molar-refractivity contribution >= 4 is 11.7 Å². The number of rotatable bonds is 2. The minimum absolute atomic E-state index is 0.000433. The Hall–Kier alpha value is -2.92. The molecule has 3 aromatic rings. The predicted octanol–water partition coefficient (Wildman–Crippen LogP) is 2.54. The summed E-state index contributed by atoms with van der Waals surface area (Å²) in [6, 6.07) is 15.8. The third-order valence-corrected chi connectivity index (χ3v) is 3.71. The molecule has 0 unspecified atom stereocenters. The molecule has 0 bridgehead atoms. The smallest absolute Gasteiger partial charge is 0.228 e. The Morgan fingerprint density at radius 3 is 2.77 bits per heavy atom. The molecule has 0 spiro atoms. The van der Waals surface area contributed by atoms with Crippen LogP contribution in [0, 0.1) is 0 Å². The van der Waals surface area contributed by atoms with E-state index in [4.69, 9.17) is 0 Å². The Bertz CT molecular complexity index is 852. The van der Waals surface area contributed by atoms with E-state index in [2.05, 4.69) is 15.5 Å². The van der Waals surface area contributed by atoms with E-state index in [9.17, 15) is 5.11 Å². The zero-order valence-electron chi connectivity index (χ0n) is 11.8. The van der Waals surface area contributed by atoms with Crippen LogP contribution in [0.1, 0.15) is 16.7 Å². The van der Waals surface area contributed by atoms with E-state index < -0.39 is 0 Å². The monoisotopic (exact) mass is 290 g/mol. The van der Waals surface area contributed by atoms with Crippen LogP contribution in [0.2, 0.25) is 0 Å². The van der Waals surface area contributed by atoms with E-state index >= 15 is 0 Å². The molecule has 0 saturated heterocycles. The molecule has 1 aliphatic heterocycles. The van der Waals surface area contributed by atoms with Crippen LogP contribution in [0.15, 0.2) is 66.0 Å². The maximum absolute atomic E-state index is 9.45. The van der Waals surface area contributed by atoms with Crippen molar-refractivity contribution in [3.05, 3.63) is 77.6 Å². The first-order chi connectivity index (χ1) is 10.9. The highest BCUT2D eigenvalue weighted by Crippen LogP contribution is 2.26. The van der Waals surface area contributed by atoms with Crippen LogP contribution in [0.25, 0.3) is 5.69 Å². The number of hydrogen-bond donors (Lipinski definition) is 2. The van der Waals surface area contributed by atoms with Crippen LogP contribution >= 0.6 is 0 Å². The number of hydrogen-bond acceptors (Lipinski definition) is 4. The first-order valence-corrected chi connectivity index (χ1v) is 7.04. The van der Waals surface area contributed by atoms with Gasteiger partial charge in [0, 0.05) is 23.5 Å². The van der Waals surface area contributed by atoms with Gasteiger partial charge in [0.2, 0.25) is 5.95 Å². The fourth-order valence-electron chi connectivity index (χ4n) is 2.64. The summed E-state index contributed by atoms with van der Waals surface area (Å²) in [6.45, 7) is -0.000433. The Balaban J connectivity index is 1.98. The number of aliphatic hydroxyl groups is 1. The quantitative estimate of drug-likeness (QED) is 0.762. The molecule has 5 nitrogen and oxygen atoms in total. The summed E-state index contributed by atoms with van der Waals surface area (Å²) >= 11 is 0. The van der Waals surface area contributed by atoms with Crippen molar-refractivity contribution in [1.29, 1.82) is 0 Å². The average molecular weight is 290 g/mol. The molecule has 2 heterocycles. The second kappa shape index (κ2) is 5.13. The lowest BCUT2D eigenvalue weighted by Gasteiger charge is -2.12. The van der Waals surface area contributed by atoms with Gasteiger partial charge in [-0.1, -0.05) is 36.4 Å². The van der Waals surface area contributed by atoms with Gasteiger partial charge in [-0.2, -0.15) is 5.10 Å². The molecule has 0 atom stereocenters. The van der Waals surface area contributed by atoms with Gasteiger partial charge in [-0.15, -0.1) is 0 Å². The molecule has 2 aromatic carbocycles. The topological polar surface area (TPSA) is 62.4 Å². The molecule has 5 heteroatoms. The zero-order chi connectivity index (χ0) is 14.9. The number of benzene rings is 2. The summed E-state index contributed by atoms with van der Waals surface area (Å²) in [4.78, 5) is 4.28. The molecule has 0 aliphatic carbocycles. The number of anilines is 1. The summed E-state index contributed by atoms with van der Waals surface area (Å²) in [7, 11) is 0. The van der Waals surface area contributed by atoms with E-state index in [0.29, 0.717) is 5.95 Å². The second-order valence-corrected chi connectivity index (χ2v) is 5.07. The highest BCUT2D eigenvalue weighted by atomic mass is 16.3. The number of fused-ring (bicyclic) bond motifs is 3. The van der Waals surface area contributed by atoms with Crippen molar-refractivity contribution in [2.45, 2.75) is 6.61 Å². The van der Waals surface area contributed by atoms with Gasteiger partial charge in [0.25, 0.3) is 0 Å². The van der Waals surface area contributed by atoms with Crippen molar-refractivity contribution in [2.24, 2.45) is 5.10 Å². The first-order valence-electron chi connectivity index (χ1n) is 7.04. The van der Waals surface area contributed by atoms with Gasteiger partial charge < -0.3 is 5.11 Å². The fraction of sp³-hybridized carbons (Fsp3) is 0.0588. The van der Waals surface area contributed by atoms with Gasteiger partial charge in [0.15, 0.2) is 0 Å². The molecular formula is C17H14N4O. The third kappa shape index (κ3) is 1.99. The summed E-state index contributed by atoms with van der Waals surface area (Å²) < 4.78 is 1.95. The molecule has 4 rings (SSSR count). The Kier molecular flexibility index (Phi) is 2.98. The maximum atomic E-state index is 9.45. The SMILES string of the molecule is OCc1ccc2c(c1)C(c1ccccc1)=NNc1nccn1-2. The molecule has 0 radical (unpaired) electrons. The summed E-state index contributed by atoms with van der Waals surface area (Å²) in [5, 5.41) is 14.0. The van der Waals surface area contributed by atoms with E-state index in [1.165, 1.54) is 0 Å². The van der Waals surface area contributed by atoms with Crippen LogP contribution in [-0.2, 0) is 6.61 Å². The first kappa shape index (κ1) is 12.8. The van der Waals surface area contributed by atoms with Gasteiger partial charge in [-0.25, -0.2) is 10.4 Å². The second-order valence-electron chi connectivity index (χ2n) is 5.07. The summed E-state index contributed by atoms with van der Waals surface area (Å²) in [5.41, 5.74) is 7.65. The number of imidazole rings is 1. The highest BCUT2D eigenvalue weighted by Gasteiger charge is 2.19. The van der Waals surface area contributed by atoms with Crippen LogP contribution in [0.4, 0.5) is 5.95 Å². The Morgan fingerprint density at radius 2 is 1.95 bits per heavy atom. The summed E-state index contributed by atoms with van der Waals surface area (Å²) in [6.07, 6.45) is 3.62. The molecule has 2 N–H and O–H groups in total. The van der Waals surface area contributed by atoms with Crippen LogP contribution in [0.5, 0.6) is 0 Å². The maximum Gasteiger partial charge on any atom is 0.228 e. The van der Waals surface area contributed by atoms with Crippen molar-refractivity contribution in [3.8, 4) is 5.69 Å². The van der Waals surface area contributed by atoms with E-state index in [1.807, 2.05) is 59.3 Å². The van der Waals surface area contributed by atoms with Gasteiger partial charge in [0.05, 0.1) is 18.0 Å². The van der Waals surface area contributed by atoms with Crippen LogP contribution in [0.3, 0.4) is 0 Å². The molecule has 22 heavy (non-hydrogen) atoms. The number of aromatic nitrogens is 2. The molecule has 108 valence electrons. The normalized spacial score (nSPS) is 12.7. The third-order valence-electron chi connectivity index (χ3n) is 3.71. The number of hydrazone groups is 1. The minimum Gasteiger partial charge on any atom is -0.392 e. The predicted molar refractivity (Wildman–Crippen MR) is 85.2 cm³/mol. The number of nitrogens with one attached hydrogen (secondary N) is 1. The fourth-order valence-corrected chi connectivity index (χ4v) is 2.64. The molecule has 1 aliphatic rings. The summed E-state index contributed by atoms with van der Waals surface area (Å²) in [5.74, 6) is 0.670. The molecule has 1 aromatic heterocycles.